The lowest BCUT2D eigenvalue weighted by molar-refractivity contribution is -0.121. The number of rotatable bonds is 4. The maximum atomic E-state index is 12.9. The first kappa shape index (κ1) is 20.1. The zero-order valence-corrected chi connectivity index (χ0v) is 17.8. The number of hydrogen-bond donors (Lipinski definition) is 1. The van der Waals surface area contributed by atoms with E-state index >= 15 is 0 Å². The predicted octanol–water partition coefficient (Wildman–Crippen LogP) is 2.86. The quantitative estimate of drug-likeness (QED) is 0.699. The highest BCUT2D eigenvalue weighted by atomic mass is 16.5. The van der Waals surface area contributed by atoms with Gasteiger partial charge in [0, 0.05) is 61.1 Å². The Morgan fingerprint density at radius 2 is 1.84 bits per heavy atom. The van der Waals surface area contributed by atoms with Gasteiger partial charge in [-0.1, -0.05) is 0 Å². The number of carbonyl (C=O) groups excluding carboxylic acids is 1. The third-order valence-electron chi connectivity index (χ3n) is 6.46. The molecule has 5 heterocycles. The van der Waals surface area contributed by atoms with E-state index in [9.17, 15) is 4.79 Å². The number of aryl methyl sites for hydroxylation is 1. The van der Waals surface area contributed by atoms with Crippen molar-refractivity contribution in [2.75, 3.05) is 31.6 Å². The van der Waals surface area contributed by atoms with E-state index in [4.69, 9.17) is 4.74 Å². The number of amides is 1. The minimum absolute atomic E-state index is 0.0356. The maximum absolute atomic E-state index is 12.9. The topological polar surface area (TPSA) is 85.2 Å². The second-order valence-electron chi connectivity index (χ2n) is 8.53. The summed E-state index contributed by atoms with van der Waals surface area (Å²) in [5, 5.41) is 8.20. The predicted molar refractivity (Wildman–Crippen MR) is 119 cm³/mol. The molecule has 0 saturated carbocycles. The Labute approximate surface area is 181 Å². The second-order valence-corrected chi connectivity index (χ2v) is 8.53. The number of nitrogens with one attached hydrogen (secondary N) is 1. The molecule has 5 rings (SSSR count). The fraction of sp³-hybridized carbons (Fsp3) is 0.478. The number of likely N-dealkylation sites (tertiary alicyclic amines) is 1. The Kier molecular flexibility index (Phi) is 5.65. The molecule has 2 aliphatic heterocycles. The van der Waals surface area contributed by atoms with Gasteiger partial charge in [-0.2, -0.15) is 5.10 Å². The molecule has 3 aromatic rings. The summed E-state index contributed by atoms with van der Waals surface area (Å²) in [6.07, 6.45) is 11.3. The molecule has 0 radical (unpaired) electrons. The van der Waals surface area contributed by atoms with Crippen LogP contribution >= 0.6 is 0 Å². The van der Waals surface area contributed by atoms with Crippen LogP contribution in [0.4, 0.5) is 5.82 Å². The van der Waals surface area contributed by atoms with E-state index in [0.717, 1.165) is 74.0 Å². The van der Waals surface area contributed by atoms with Gasteiger partial charge in [0.2, 0.25) is 5.91 Å². The highest BCUT2D eigenvalue weighted by Gasteiger charge is 2.29. The van der Waals surface area contributed by atoms with Crippen molar-refractivity contribution in [3.8, 4) is 11.1 Å². The van der Waals surface area contributed by atoms with Crippen LogP contribution in [0.2, 0.25) is 0 Å². The van der Waals surface area contributed by atoms with Gasteiger partial charge in [0.05, 0.1) is 17.9 Å². The van der Waals surface area contributed by atoms with Crippen LogP contribution in [-0.4, -0.2) is 62.9 Å². The third kappa shape index (κ3) is 4.45. The van der Waals surface area contributed by atoms with Gasteiger partial charge >= 0.3 is 0 Å². The van der Waals surface area contributed by atoms with Crippen molar-refractivity contribution in [2.24, 2.45) is 13.0 Å². The van der Waals surface area contributed by atoms with Crippen LogP contribution in [0, 0.1) is 5.92 Å². The molecular formula is C23H28N6O2. The summed E-state index contributed by atoms with van der Waals surface area (Å²) >= 11 is 0. The molecule has 162 valence electrons. The van der Waals surface area contributed by atoms with E-state index in [0.29, 0.717) is 11.9 Å². The van der Waals surface area contributed by atoms with E-state index in [1.807, 2.05) is 31.7 Å². The number of fused-ring (bicyclic) bond motifs is 1. The molecule has 0 unspecified atom stereocenters. The average Bonchev–Trinajstić information content (AvgIpc) is 3.25. The lowest BCUT2D eigenvalue weighted by atomic mass is 9.93. The van der Waals surface area contributed by atoms with Crippen LogP contribution in [0.25, 0.3) is 22.0 Å². The van der Waals surface area contributed by atoms with Crippen LogP contribution in [0.1, 0.15) is 25.7 Å². The molecule has 31 heavy (non-hydrogen) atoms. The fourth-order valence-corrected chi connectivity index (χ4v) is 4.63. The minimum Gasteiger partial charge on any atom is -0.381 e. The van der Waals surface area contributed by atoms with Gasteiger partial charge in [-0.05, 0) is 50.9 Å². The van der Waals surface area contributed by atoms with E-state index in [-0.39, 0.29) is 11.8 Å². The number of hydrogen-bond acceptors (Lipinski definition) is 6. The van der Waals surface area contributed by atoms with Crippen molar-refractivity contribution in [3.05, 3.63) is 36.9 Å². The van der Waals surface area contributed by atoms with E-state index in [2.05, 4.69) is 31.3 Å². The number of pyridine rings is 2. The van der Waals surface area contributed by atoms with Crippen molar-refractivity contribution < 1.29 is 9.53 Å². The maximum Gasteiger partial charge on any atom is 0.228 e. The Morgan fingerprint density at radius 1 is 1.03 bits per heavy atom. The lowest BCUT2D eigenvalue weighted by Gasteiger charge is -2.38. The van der Waals surface area contributed by atoms with Crippen molar-refractivity contribution in [1.82, 2.24) is 24.6 Å². The molecule has 2 saturated heterocycles. The van der Waals surface area contributed by atoms with Crippen molar-refractivity contribution >= 4 is 22.6 Å². The normalized spacial score (nSPS) is 19.0. The van der Waals surface area contributed by atoms with Gasteiger partial charge < -0.3 is 15.0 Å². The summed E-state index contributed by atoms with van der Waals surface area (Å²) in [4.78, 5) is 24.3. The van der Waals surface area contributed by atoms with Gasteiger partial charge in [0.25, 0.3) is 0 Å². The van der Waals surface area contributed by atoms with Crippen LogP contribution < -0.4 is 5.32 Å². The van der Waals surface area contributed by atoms with E-state index in [1.165, 1.54) is 0 Å². The molecule has 8 nitrogen and oxygen atoms in total. The summed E-state index contributed by atoms with van der Waals surface area (Å²) in [5.41, 5.74) is 2.80. The molecule has 0 aromatic carbocycles. The molecule has 2 aliphatic rings. The second kappa shape index (κ2) is 8.72. The standard InChI is InChI=1S/C23H28N6O2/c1-28-15-19(13-26-28)18-10-17-11-22(25-14-21(17)24-12-18)27-23(30)16-2-6-29(7-3-16)20-4-8-31-9-5-20/h10-16,20H,2-9H2,1H3,(H,25,27,30). The molecule has 0 bridgehead atoms. The van der Waals surface area contributed by atoms with Gasteiger partial charge in [0.1, 0.15) is 5.82 Å². The number of ether oxygens (including phenoxy) is 1. The molecule has 2 fully saturated rings. The summed E-state index contributed by atoms with van der Waals surface area (Å²) in [6.45, 7) is 3.67. The Morgan fingerprint density at radius 3 is 2.58 bits per heavy atom. The smallest absolute Gasteiger partial charge is 0.228 e. The van der Waals surface area contributed by atoms with Crippen LogP contribution in [0.5, 0.6) is 0 Å². The summed E-state index contributed by atoms with van der Waals surface area (Å²) in [5.74, 6) is 0.679. The molecule has 0 aliphatic carbocycles. The molecule has 3 aromatic heterocycles. The van der Waals surface area contributed by atoms with Gasteiger partial charge in [-0.25, -0.2) is 4.98 Å². The number of anilines is 1. The number of carbonyl (C=O) groups is 1. The SMILES string of the molecule is Cn1cc(-c2cnc3cnc(NC(=O)C4CCN(C5CCOCC5)CC4)cc3c2)cn1. The number of aromatic nitrogens is 4. The monoisotopic (exact) mass is 420 g/mol. The van der Waals surface area contributed by atoms with Crippen LogP contribution in [-0.2, 0) is 16.6 Å². The van der Waals surface area contributed by atoms with E-state index < -0.39 is 0 Å². The largest absolute Gasteiger partial charge is 0.381 e. The molecule has 1 N–H and O–H groups in total. The first-order chi connectivity index (χ1) is 15.2. The zero-order valence-electron chi connectivity index (χ0n) is 17.8. The Balaban J connectivity index is 1.24. The highest BCUT2D eigenvalue weighted by Crippen LogP contribution is 2.26. The molecule has 8 heteroatoms. The number of nitrogens with zero attached hydrogens (tertiary/aromatic N) is 5. The van der Waals surface area contributed by atoms with Crippen molar-refractivity contribution in [1.29, 1.82) is 0 Å². The van der Waals surface area contributed by atoms with Gasteiger partial charge in [0.15, 0.2) is 0 Å². The van der Waals surface area contributed by atoms with Crippen molar-refractivity contribution in [2.45, 2.75) is 31.7 Å². The fourth-order valence-electron chi connectivity index (χ4n) is 4.63. The average molecular weight is 421 g/mol. The first-order valence-corrected chi connectivity index (χ1v) is 11.0. The molecule has 0 spiro atoms. The molecule has 1 amide bonds. The first-order valence-electron chi connectivity index (χ1n) is 11.0. The number of piperidine rings is 1. The van der Waals surface area contributed by atoms with Gasteiger partial charge in [-0.15, -0.1) is 0 Å². The molecule has 0 atom stereocenters. The Hall–Kier alpha value is -2.84. The minimum atomic E-state index is 0.0356. The lowest BCUT2D eigenvalue weighted by Crippen LogP contribution is -2.45. The zero-order chi connectivity index (χ0) is 21.2. The summed E-state index contributed by atoms with van der Waals surface area (Å²) in [6, 6.07) is 4.57. The van der Waals surface area contributed by atoms with Crippen LogP contribution in [0.3, 0.4) is 0 Å². The van der Waals surface area contributed by atoms with E-state index in [1.54, 1.807) is 10.9 Å². The van der Waals surface area contributed by atoms with Crippen molar-refractivity contribution in [3.63, 3.8) is 0 Å². The highest BCUT2D eigenvalue weighted by molar-refractivity contribution is 5.94. The summed E-state index contributed by atoms with van der Waals surface area (Å²) in [7, 11) is 1.89. The Bertz CT molecular complexity index is 1070. The molecular weight excluding hydrogens is 392 g/mol. The summed E-state index contributed by atoms with van der Waals surface area (Å²) < 4.78 is 7.24. The van der Waals surface area contributed by atoms with Crippen LogP contribution in [0.15, 0.2) is 36.9 Å². The van der Waals surface area contributed by atoms with Gasteiger partial charge in [-0.3, -0.25) is 14.5 Å². The third-order valence-corrected chi connectivity index (χ3v) is 6.46.